The quantitative estimate of drug-likeness (QED) is 0.791. The van der Waals surface area contributed by atoms with E-state index >= 15 is 0 Å². The van der Waals surface area contributed by atoms with Gasteiger partial charge >= 0.3 is 0 Å². The molecule has 0 heterocycles. The Hall–Kier alpha value is -1.83. The van der Waals surface area contributed by atoms with Crippen molar-refractivity contribution in [2.24, 2.45) is 5.41 Å². The molecule has 0 radical (unpaired) electrons. The van der Waals surface area contributed by atoms with Gasteiger partial charge in [0.25, 0.3) is 5.91 Å². The van der Waals surface area contributed by atoms with Gasteiger partial charge in [0.1, 0.15) is 0 Å². The van der Waals surface area contributed by atoms with E-state index in [1.807, 2.05) is 56.3 Å². The topological polar surface area (TPSA) is 29.1 Å². The van der Waals surface area contributed by atoms with E-state index in [2.05, 4.69) is 26.1 Å². The number of amides is 1. The van der Waals surface area contributed by atoms with Crippen LogP contribution in [0.3, 0.4) is 0 Å². The summed E-state index contributed by atoms with van der Waals surface area (Å²) in [5.41, 5.74) is 3.37. The Morgan fingerprint density at radius 2 is 1.81 bits per heavy atom. The van der Waals surface area contributed by atoms with Crippen LogP contribution in [-0.2, 0) is 6.42 Å². The minimum absolute atomic E-state index is 0.0227. The molecule has 0 spiro atoms. The summed E-state index contributed by atoms with van der Waals surface area (Å²) in [7, 11) is 0. The van der Waals surface area contributed by atoms with Crippen LogP contribution in [0.25, 0.3) is 0 Å². The number of carbonyl (C=O) groups excluding carboxylic acids is 1. The highest BCUT2D eigenvalue weighted by Gasteiger charge is 2.12. The minimum Gasteiger partial charge on any atom is -0.348 e. The SMILES string of the molecule is C/C=C\C=C(/C)CNC(=O)c1ccc(CC(C)(C)C)cc1. The van der Waals surface area contributed by atoms with Crippen molar-refractivity contribution >= 4 is 5.91 Å². The van der Waals surface area contributed by atoms with Gasteiger partial charge in [-0.05, 0) is 43.4 Å². The third-order valence-electron chi connectivity index (χ3n) is 3.05. The second kappa shape index (κ2) is 7.82. The Bertz CT molecular complexity index is 515. The monoisotopic (exact) mass is 285 g/mol. The molecule has 0 unspecified atom stereocenters. The standard InChI is InChI=1S/C19H27NO/c1-6-7-8-15(2)14-20-18(21)17-11-9-16(10-12-17)13-19(3,4)5/h6-12H,13-14H2,1-5H3,(H,20,21)/b7-6-,15-8+. The predicted octanol–water partition coefficient (Wildman–Crippen LogP) is 4.53. The first-order chi connectivity index (χ1) is 9.81. The molecule has 0 aliphatic carbocycles. The number of hydrogen-bond donors (Lipinski definition) is 1. The summed E-state index contributed by atoms with van der Waals surface area (Å²) in [5.74, 6) is -0.0227. The summed E-state index contributed by atoms with van der Waals surface area (Å²) in [5, 5.41) is 2.93. The summed E-state index contributed by atoms with van der Waals surface area (Å²) in [6, 6.07) is 7.90. The van der Waals surface area contributed by atoms with E-state index in [1.54, 1.807) is 0 Å². The van der Waals surface area contributed by atoms with Crippen LogP contribution in [0.2, 0.25) is 0 Å². The first-order valence-electron chi connectivity index (χ1n) is 7.47. The second-order valence-corrected chi connectivity index (χ2v) is 6.66. The summed E-state index contributed by atoms with van der Waals surface area (Å²) >= 11 is 0. The molecule has 1 rings (SSSR count). The zero-order valence-corrected chi connectivity index (χ0v) is 13.9. The molecule has 1 amide bonds. The van der Waals surface area contributed by atoms with Gasteiger partial charge in [-0.2, -0.15) is 0 Å². The molecule has 2 heteroatoms. The molecule has 1 aromatic rings. The molecule has 1 N–H and O–H groups in total. The molecule has 0 atom stereocenters. The lowest BCUT2D eigenvalue weighted by atomic mass is 9.88. The highest BCUT2D eigenvalue weighted by atomic mass is 16.1. The smallest absolute Gasteiger partial charge is 0.251 e. The lowest BCUT2D eigenvalue weighted by Crippen LogP contribution is -2.25. The Balaban J connectivity index is 2.59. The lowest BCUT2D eigenvalue weighted by molar-refractivity contribution is 0.0957. The van der Waals surface area contributed by atoms with Gasteiger partial charge in [-0.3, -0.25) is 4.79 Å². The van der Waals surface area contributed by atoms with Gasteiger partial charge in [0, 0.05) is 12.1 Å². The van der Waals surface area contributed by atoms with E-state index in [0.29, 0.717) is 12.1 Å². The van der Waals surface area contributed by atoms with Gasteiger partial charge in [0.05, 0.1) is 0 Å². The van der Waals surface area contributed by atoms with E-state index < -0.39 is 0 Å². The van der Waals surface area contributed by atoms with Crippen LogP contribution in [0.1, 0.15) is 50.5 Å². The molecule has 21 heavy (non-hydrogen) atoms. The number of hydrogen-bond acceptors (Lipinski definition) is 1. The van der Waals surface area contributed by atoms with Crippen molar-refractivity contribution < 1.29 is 4.79 Å². The molecule has 0 bridgehead atoms. The van der Waals surface area contributed by atoms with Crippen LogP contribution in [-0.4, -0.2) is 12.5 Å². The maximum atomic E-state index is 12.1. The summed E-state index contributed by atoms with van der Waals surface area (Å²) in [6.07, 6.45) is 6.97. The van der Waals surface area contributed by atoms with Crippen LogP contribution >= 0.6 is 0 Å². The van der Waals surface area contributed by atoms with Crippen molar-refractivity contribution in [1.29, 1.82) is 0 Å². The van der Waals surface area contributed by atoms with Crippen LogP contribution in [0.15, 0.2) is 48.1 Å². The van der Waals surface area contributed by atoms with Crippen molar-refractivity contribution in [2.75, 3.05) is 6.54 Å². The summed E-state index contributed by atoms with van der Waals surface area (Å²) in [6.45, 7) is 11.2. The highest BCUT2D eigenvalue weighted by Crippen LogP contribution is 2.20. The molecular formula is C19H27NO. The maximum Gasteiger partial charge on any atom is 0.251 e. The van der Waals surface area contributed by atoms with Gasteiger partial charge in [0.15, 0.2) is 0 Å². The number of benzene rings is 1. The van der Waals surface area contributed by atoms with Gasteiger partial charge < -0.3 is 5.32 Å². The van der Waals surface area contributed by atoms with E-state index in [0.717, 1.165) is 12.0 Å². The van der Waals surface area contributed by atoms with Crippen molar-refractivity contribution in [1.82, 2.24) is 5.32 Å². The zero-order valence-electron chi connectivity index (χ0n) is 13.9. The van der Waals surface area contributed by atoms with E-state index in [-0.39, 0.29) is 11.3 Å². The number of nitrogens with one attached hydrogen (secondary N) is 1. The first-order valence-corrected chi connectivity index (χ1v) is 7.47. The van der Waals surface area contributed by atoms with Gasteiger partial charge in [-0.15, -0.1) is 0 Å². The minimum atomic E-state index is -0.0227. The number of rotatable bonds is 5. The normalized spacial score (nSPS) is 12.7. The molecule has 0 saturated heterocycles. The van der Waals surface area contributed by atoms with Crippen molar-refractivity contribution in [3.8, 4) is 0 Å². The zero-order chi connectivity index (χ0) is 15.9. The largest absolute Gasteiger partial charge is 0.348 e. The Morgan fingerprint density at radius 1 is 1.19 bits per heavy atom. The molecule has 2 nitrogen and oxygen atoms in total. The number of carbonyl (C=O) groups is 1. The molecule has 114 valence electrons. The average molecular weight is 285 g/mol. The van der Waals surface area contributed by atoms with E-state index in [1.165, 1.54) is 5.56 Å². The van der Waals surface area contributed by atoms with Crippen LogP contribution in [0.5, 0.6) is 0 Å². The second-order valence-electron chi connectivity index (χ2n) is 6.66. The Kier molecular flexibility index (Phi) is 6.41. The fraction of sp³-hybridized carbons (Fsp3) is 0.421. The summed E-state index contributed by atoms with van der Waals surface area (Å²) < 4.78 is 0. The average Bonchev–Trinajstić information content (AvgIpc) is 2.41. The Morgan fingerprint density at radius 3 is 2.33 bits per heavy atom. The third kappa shape index (κ3) is 6.94. The molecule has 0 aromatic heterocycles. The summed E-state index contributed by atoms with van der Waals surface area (Å²) in [4.78, 5) is 12.1. The fourth-order valence-corrected chi connectivity index (χ4v) is 2.03. The van der Waals surface area contributed by atoms with Crippen LogP contribution in [0, 0.1) is 5.41 Å². The van der Waals surface area contributed by atoms with Crippen LogP contribution < -0.4 is 5.32 Å². The molecule has 0 saturated carbocycles. The molecule has 0 aliphatic rings. The molecule has 0 aliphatic heterocycles. The third-order valence-corrected chi connectivity index (χ3v) is 3.05. The van der Waals surface area contributed by atoms with Crippen molar-refractivity contribution in [2.45, 2.75) is 41.0 Å². The predicted molar refractivity (Wildman–Crippen MR) is 90.5 cm³/mol. The lowest BCUT2D eigenvalue weighted by Gasteiger charge is -2.18. The molecule has 0 fully saturated rings. The van der Waals surface area contributed by atoms with E-state index in [4.69, 9.17) is 0 Å². The van der Waals surface area contributed by atoms with Gasteiger partial charge in [-0.1, -0.05) is 56.7 Å². The highest BCUT2D eigenvalue weighted by molar-refractivity contribution is 5.94. The molecular weight excluding hydrogens is 258 g/mol. The fourth-order valence-electron chi connectivity index (χ4n) is 2.03. The maximum absolute atomic E-state index is 12.1. The van der Waals surface area contributed by atoms with E-state index in [9.17, 15) is 4.79 Å². The van der Waals surface area contributed by atoms with Crippen molar-refractivity contribution in [3.05, 3.63) is 59.2 Å². The first kappa shape index (κ1) is 17.2. The van der Waals surface area contributed by atoms with Crippen LogP contribution in [0.4, 0.5) is 0 Å². The van der Waals surface area contributed by atoms with Gasteiger partial charge in [-0.25, -0.2) is 0 Å². The van der Waals surface area contributed by atoms with Gasteiger partial charge in [0.2, 0.25) is 0 Å². The van der Waals surface area contributed by atoms with Crippen molar-refractivity contribution in [3.63, 3.8) is 0 Å². The Labute approximate surface area is 129 Å². The number of allylic oxidation sites excluding steroid dienone is 3. The molecule has 1 aromatic carbocycles.